The van der Waals surface area contributed by atoms with E-state index in [0.29, 0.717) is 5.92 Å². The van der Waals surface area contributed by atoms with Crippen LogP contribution < -0.4 is 0 Å². The minimum Gasteiger partial charge on any atom is -0.246 e. The van der Waals surface area contributed by atoms with E-state index < -0.39 is 0 Å². The van der Waals surface area contributed by atoms with Crippen LogP contribution in [0.25, 0.3) is 0 Å². The van der Waals surface area contributed by atoms with Gasteiger partial charge >= 0.3 is 0 Å². The second-order valence-corrected chi connectivity index (χ2v) is 4.55. The third-order valence-electron chi connectivity index (χ3n) is 1.91. The van der Waals surface area contributed by atoms with Gasteiger partial charge in [0.05, 0.1) is 0 Å². The van der Waals surface area contributed by atoms with Gasteiger partial charge in [0.25, 0.3) is 0 Å². The van der Waals surface area contributed by atoms with Gasteiger partial charge in [0.15, 0.2) is 0 Å². The van der Waals surface area contributed by atoms with Crippen LogP contribution in [0.5, 0.6) is 0 Å². The summed E-state index contributed by atoms with van der Waals surface area (Å²) in [6, 6.07) is 4.31. The Morgan fingerprint density at radius 3 is 2.62 bits per heavy atom. The molecule has 1 aromatic heterocycles. The van der Waals surface area contributed by atoms with Gasteiger partial charge in [0.1, 0.15) is 4.60 Å². The summed E-state index contributed by atoms with van der Waals surface area (Å²) in [6.45, 7) is 6.60. The molecule has 13 heavy (non-hydrogen) atoms. The number of nitrogens with zero attached hydrogens (tertiary/aromatic N) is 1. The topological polar surface area (TPSA) is 12.9 Å². The van der Waals surface area contributed by atoms with Crippen LogP contribution in [0.2, 0.25) is 0 Å². The Morgan fingerprint density at radius 1 is 1.38 bits per heavy atom. The van der Waals surface area contributed by atoms with Gasteiger partial charge in [-0.1, -0.05) is 20.8 Å². The van der Waals surface area contributed by atoms with E-state index in [-0.39, 0.29) is 0 Å². The van der Waals surface area contributed by atoms with E-state index >= 15 is 0 Å². The number of hydrogen-bond acceptors (Lipinski definition) is 1. The molecule has 0 radical (unpaired) electrons. The molecule has 0 fully saturated rings. The van der Waals surface area contributed by atoms with E-state index in [1.165, 1.54) is 11.3 Å². The molecule has 2 heteroatoms. The predicted octanol–water partition coefficient (Wildman–Crippen LogP) is 3.61. The Hall–Kier alpha value is -0.370. The maximum atomic E-state index is 4.38. The minimum absolute atomic E-state index is 0.707. The summed E-state index contributed by atoms with van der Waals surface area (Å²) in [4.78, 5) is 4.38. The highest BCUT2D eigenvalue weighted by Gasteiger charge is 2.01. The molecule has 0 aliphatic rings. The fourth-order valence-corrected chi connectivity index (χ4v) is 1.90. The van der Waals surface area contributed by atoms with Crippen LogP contribution in [0.1, 0.15) is 32.0 Å². The van der Waals surface area contributed by atoms with E-state index in [0.717, 1.165) is 17.4 Å². The van der Waals surface area contributed by atoms with E-state index in [2.05, 4.69) is 53.8 Å². The second-order valence-electron chi connectivity index (χ2n) is 3.74. The molecule has 0 saturated carbocycles. The Labute approximate surface area is 88.7 Å². The van der Waals surface area contributed by atoms with Gasteiger partial charge in [-0.15, -0.1) is 0 Å². The summed E-state index contributed by atoms with van der Waals surface area (Å²) in [5.74, 6) is 0.707. The Balaban J connectivity index is 2.88. The number of hydrogen-bond donors (Lipinski definition) is 0. The number of halogens is 1. The summed E-state index contributed by atoms with van der Waals surface area (Å²) in [5.41, 5.74) is 2.55. The molecule has 0 amide bonds. The van der Waals surface area contributed by atoms with Gasteiger partial charge in [0, 0.05) is 5.69 Å². The quantitative estimate of drug-likeness (QED) is 0.738. The van der Waals surface area contributed by atoms with E-state index in [1.807, 2.05) is 0 Å². The van der Waals surface area contributed by atoms with Crippen LogP contribution in [0.15, 0.2) is 16.7 Å². The van der Waals surface area contributed by atoms with Crippen molar-refractivity contribution in [1.82, 2.24) is 4.98 Å². The Bertz CT molecular complexity index is 281. The zero-order valence-electron chi connectivity index (χ0n) is 8.47. The summed E-state index contributed by atoms with van der Waals surface area (Å²) >= 11 is 3.43. The highest BCUT2D eigenvalue weighted by atomic mass is 79.9. The fourth-order valence-electron chi connectivity index (χ4n) is 1.38. The van der Waals surface area contributed by atoms with Crippen LogP contribution >= 0.6 is 15.9 Å². The first-order valence-corrected chi connectivity index (χ1v) is 5.56. The lowest BCUT2D eigenvalue weighted by Crippen LogP contribution is -1.97. The third kappa shape index (κ3) is 3.47. The molecule has 0 bridgehead atoms. The first kappa shape index (κ1) is 10.7. The smallest absolute Gasteiger partial charge is 0.106 e. The zero-order chi connectivity index (χ0) is 9.84. The molecule has 0 aliphatic heterocycles. The van der Waals surface area contributed by atoms with Crippen molar-refractivity contribution < 1.29 is 0 Å². The van der Waals surface area contributed by atoms with Gasteiger partial charge < -0.3 is 0 Å². The molecule has 72 valence electrons. The molecule has 0 atom stereocenters. The average Bonchev–Trinajstić information content (AvgIpc) is 2.01. The highest BCUT2D eigenvalue weighted by molar-refractivity contribution is 9.10. The van der Waals surface area contributed by atoms with Crippen molar-refractivity contribution in [2.45, 2.75) is 33.6 Å². The normalized spacial score (nSPS) is 10.8. The van der Waals surface area contributed by atoms with Gasteiger partial charge in [-0.2, -0.15) is 0 Å². The molecule has 0 aromatic carbocycles. The van der Waals surface area contributed by atoms with Crippen LogP contribution in [0.3, 0.4) is 0 Å². The summed E-state index contributed by atoms with van der Waals surface area (Å²) in [7, 11) is 0. The lowest BCUT2D eigenvalue weighted by Gasteiger charge is -2.06. The van der Waals surface area contributed by atoms with E-state index in [1.54, 1.807) is 0 Å². The van der Waals surface area contributed by atoms with Crippen LogP contribution in [0.4, 0.5) is 0 Å². The van der Waals surface area contributed by atoms with Crippen LogP contribution in [-0.4, -0.2) is 4.98 Å². The monoisotopic (exact) mass is 241 g/mol. The molecule has 0 unspecified atom stereocenters. The second kappa shape index (κ2) is 4.75. The number of aryl methyl sites for hydroxylation is 1. The largest absolute Gasteiger partial charge is 0.246 e. The first-order chi connectivity index (χ1) is 6.11. The predicted molar refractivity (Wildman–Crippen MR) is 59.9 cm³/mol. The maximum absolute atomic E-state index is 4.38. The average molecular weight is 242 g/mol. The number of pyridine rings is 1. The molecule has 1 aromatic rings. The lowest BCUT2D eigenvalue weighted by molar-refractivity contribution is 0.645. The van der Waals surface area contributed by atoms with E-state index in [9.17, 15) is 0 Å². The molecule has 0 spiro atoms. The van der Waals surface area contributed by atoms with E-state index in [4.69, 9.17) is 0 Å². The number of rotatable bonds is 3. The zero-order valence-corrected chi connectivity index (χ0v) is 10.1. The van der Waals surface area contributed by atoms with Gasteiger partial charge in [-0.25, -0.2) is 4.98 Å². The lowest BCUT2D eigenvalue weighted by atomic mass is 10.0. The van der Waals surface area contributed by atoms with Crippen molar-refractivity contribution in [3.8, 4) is 0 Å². The van der Waals surface area contributed by atoms with Gasteiger partial charge in [-0.05, 0) is 52.4 Å². The molecule has 1 heterocycles. The SMILES string of the molecule is CCc1cc(CC(C)C)cc(Br)n1. The number of aromatic nitrogens is 1. The molecule has 1 rings (SSSR count). The highest BCUT2D eigenvalue weighted by Crippen LogP contribution is 2.15. The molecule has 0 aliphatic carbocycles. The van der Waals surface area contributed by atoms with Crippen molar-refractivity contribution in [1.29, 1.82) is 0 Å². The van der Waals surface area contributed by atoms with Crippen molar-refractivity contribution in [3.63, 3.8) is 0 Å². The summed E-state index contributed by atoms with van der Waals surface area (Å²) < 4.78 is 0.961. The third-order valence-corrected chi connectivity index (χ3v) is 2.32. The minimum atomic E-state index is 0.707. The summed E-state index contributed by atoms with van der Waals surface area (Å²) in [5, 5.41) is 0. The fraction of sp³-hybridized carbons (Fsp3) is 0.545. The molecule has 0 N–H and O–H groups in total. The summed E-state index contributed by atoms with van der Waals surface area (Å²) in [6.07, 6.45) is 2.14. The molecule has 1 nitrogen and oxygen atoms in total. The Kier molecular flexibility index (Phi) is 3.91. The maximum Gasteiger partial charge on any atom is 0.106 e. The molecular formula is C11H16BrN. The van der Waals surface area contributed by atoms with Gasteiger partial charge in [0.2, 0.25) is 0 Å². The van der Waals surface area contributed by atoms with Crippen molar-refractivity contribution in [3.05, 3.63) is 28.0 Å². The molecular weight excluding hydrogens is 226 g/mol. The van der Waals surface area contributed by atoms with Crippen molar-refractivity contribution in [2.75, 3.05) is 0 Å². The van der Waals surface area contributed by atoms with Crippen LogP contribution in [0, 0.1) is 5.92 Å². The van der Waals surface area contributed by atoms with Crippen LogP contribution in [-0.2, 0) is 12.8 Å². The molecule has 0 saturated heterocycles. The van der Waals surface area contributed by atoms with Crippen molar-refractivity contribution >= 4 is 15.9 Å². The Morgan fingerprint density at radius 2 is 2.08 bits per heavy atom. The van der Waals surface area contributed by atoms with Gasteiger partial charge in [-0.3, -0.25) is 0 Å². The van der Waals surface area contributed by atoms with Crippen molar-refractivity contribution in [2.24, 2.45) is 5.92 Å². The standard InChI is InChI=1S/C11H16BrN/c1-4-10-6-9(5-8(2)3)7-11(12)13-10/h6-8H,4-5H2,1-3H3. The first-order valence-electron chi connectivity index (χ1n) is 4.77.